The first kappa shape index (κ1) is 20.8. The number of hydrogen-bond acceptors (Lipinski definition) is 3. The molecule has 1 amide bonds. The number of likely N-dealkylation sites (tertiary alicyclic amines) is 2. The second kappa shape index (κ2) is 9.43. The van der Waals surface area contributed by atoms with E-state index in [-0.39, 0.29) is 24.4 Å². The lowest BCUT2D eigenvalue weighted by Gasteiger charge is -2.41. The average Bonchev–Trinajstić information content (AvgIpc) is 3.06. The van der Waals surface area contributed by atoms with E-state index < -0.39 is 6.10 Å². The van der Waals surface area contributed by atoms with Crippen molar-refractivity contribution < 1.29 is 9.90 Å². The first-order valence-corrected chi connectivity index (χ1v) is 9.44. The predicted octanol–water partition coefficient (Wildman–Crippen LogP) is 3.41. The lowest BCUT2D eigenvalue weighted by molar-refractivity contribution is -0.138. The van der Waals surface area contributed by atoms with E-state index in [0.29, 0.717) is 16.5 Å². The molecule has 25 heavy (non-hydrogen) atoms. The SMILES string of the molecule is Cl.O=C(Cc1ccc(Cl)c(Cl)c1)N1CCC[C@H](O)[C@@H]1CN1CCCC1. The van der Waals surface area contributed by atoms with E-state index in [9.17, 15) is 9.90 Å². The van der Waals surface area contributed by atoms with Crippen LogP contribution in [0.3, 0.4) is 0 Å². The van der Waals surface area contributed by atoms with E-state index in [0.717, 1.165) is 44.6 Å². The van der Waals surface area contributed by atoms with Gasteiger partial charge >= 0.3 is 0 Å². The van der Waals surface area contributed by atoms with Crippen LogP contribution in [0.2, 0.25) is 10.0 Å². The topological polar surface area (TPSA) is 43.8 Å². The summed E-state index contributed by atoms with van der Waals surface area (Å²) in [6.45, 7) is 3.63. The van der Waals surface area contributed by atoms with Crippen molar-refractivity contribution in [2.75, 3.05) is 26.2 Å². The zero-order valence-electron chi connectivity index (χ0n) is 14.2. The number of halogens is 3. The largest absolute Gasteiger partial charge is 0.391 e. The fourth-order valence-corrected chi connectivity index (χ4v) is 4.04. The highest BCUT2D eigenvalue weighted by Crippen LogP contribution is 2.25. The van der Waals surface area contributed by atoms with Crippen molar-refractivity contribution in [2.45, 2.75) is 44.2 Å². The molecule has 0 aliphatic carbocycles. The molecule has 0 spiro atoms. The van der Waals surface area contributed by atoms with Gasteiger partial charge in [-0.2, -0.15) is 0 Å². The Morgan fingerprint density at radius 2 is 1.84 bits per heavy atom. The zero-order chi connectivity index (χ0) is 17.1. The van der Waals surface area contributed by atoms with Crippen LogP contribution in [0.1, 0.15) is 31.2 Å². The molecule has 140 valence electrons. The van der Waals surface area contributed by atoms with Crippen LogP contribution in [-0.2, 0) is 11.2 Å². The number of benzene rings is 1. The van der Waals surface area contributed by atoms with Gasteiger partial charge in [-0.3, -0.25) is 4.79 Å². The van der Waals surface area contributed by atoms with E-state index in [1.807, 2.05) is 11.0 Å². The van der Waals surface area contributed by atoms with E-state index in [4.69, 9.17) is 23.2 Å². The first-order valence-electron chi connectivity index (χ1n) is 8.68. The molecule has 1 aromatic rings. The maximum atomic E-state index is 12.8. The van der Waals surface area contributed by atoms with Crippen LogP contribution in [-0.4, -0.2) is 59.1 Å². The molecule has 2 aliphatic heterocycles. The maximum Gasteiger partial charge on any atom is 0.227 e. The van der Waals surface area contributed by atoms with E-state index >= 15 is 0 Å². The summed E-state index contributed by atoms with van der Waals surface area (Å²) in [7, 11) is 0. The Bertz CT molecular complexity index is 594. The molecular formula is C18H25Cl3N2O2. The summed E-state index contributed by atoms with van der Waals surface area (Å²) in [6, 6.07) is 5.20. The predicted molar refractivity (Wildman–Crippen MR) is 104 cm³/mol. The van der Waals surface area contributed by atoms with Crippen molar-refractivity contribution >= 4 is 41.5 Å². The molecule has 2 fully saturated rings. The maximum absolute atomic E-state index is 12.8. The smallest absolute Gasteiger partial charge is 0.227 e. The molecule has 7 heteroatoms. The number of nitrogens with zero attached hydrogens (tertiary/aromatic N) is 2. The van der Waals surface area contributed by atoms with E-state index in [1.165, 1.54) is 12.8 Å². The Balaban J connectivity index is 0.00000225. The second-order valence-electron chi connectivity index (χ2n) is 6.80. The Morgan fingerprint density at radius 1 is 1.12 bits per heavy atom. The number of amides is 1. The standard InChI is InChI=1S/C18H24Cl2N2O2.ClH/c19-14-6-5-13(10-15(14)20)11-18(24)22-9-3-4-17(23)16(22)12-21-7-1-2-8-21;/h5-6,10,16-17,23H,1-4,7-9,11-12H2;1H/t16-,17-;/m0./s1. The Hall–Kier alpha value is -0.520. The summed E-state index contributed by atoms with van der Waals surface area (Å²) >= 11 is 12.0. The van der Waals surface area contributed by atoms with Crippen LogP contribution >= 0.6 is 35.6 Å². The molecule has 0 radical (unpaired) electrons. The fourth-order valence-electron chi connectivity index (χ4n) is 3.72. The first-order chi connectivity index (χ1) is 11.5. The molecule has 0 aromatic heterocycles. The normalized spacial score (nSPS) is 24.2. The number of hydrogen-bond donors (Lipinski definition) is 1. The van der Waals surface area contributed by atoms with Gasteiger partial charge in [-0.25, -0.2) is 0 Å². The van der Waals surface area contributed by atoms with Crippen molar-refractivity contribution in [2.24, 2.45) is 0 Å². The van der Waals surface area contributed by atoms with Gasteiger partial charge in [0.15, 0.2) is 0 Å². The van der Waals surface area contributed by atoms with Crippen LogP contribution in [0.25, 0.3) is 0 Å². The summed E-state index contributed by atoms with van der Waals surface area (Å²) < 4.78 is 0. The van der Waals surface area contributed by atoms with Crippen LogP contribution in [0.5, 0.6) is 0 Å². The third kappa shape index (κ3) is 5.24. The molecule has 0 unspecified atom stereocenters. The van der Waals surface area contributed by atoms with Gasteiger partial charge in [0.1, 0.15) is 0 Å². The van der Waals surface area contributed by atoms with Crippen molar-refractivity contribution in [1.29, 1.82) is 0 Å². The molecular weight excluding hydrogens is 383 g/mol. The van der Waals surface area contributed by atoms with Crippen LogP contribution in [0.4, 0.5) is 0 Å². The van der Waals surface area contributed by atoms with Gasteiger partial charge < -0.3 is 14.9 Å². The zero-order valence-corrected chi connectivity index (χ0v) is 16.5. The Kier molecular flexibility index (Phi) is 7.84. The summed E-state index contributed by atoms with van der Waals surface area (Å²) in [5.41, 5.74) is 0.856. The summed E-state index contributed by atoms with van der Waals surface area (Å²) in [5.74, 6) is 0.0522. The fraction of sp³-hybridized carbons (Fsp3) is 0.611. The van der Waals surface area contributed by atoms with Crippen molar-refractivity contribution in [3.63, 3.8) is 0 Å². The highest BCUT2D eigenvalue weighted by atomic mass is 35.5. The van der Waals surface area contributed by atoms with Crippen molar-refractivity contribution in [1.82, 2.24) is 9.80 Å². The van der Waals surface area contributed by atoms with Crippen LogP contribution in [0.15, 0.2) is 18.2 Å². The molecule has 0 bridgehead atoms. The number of piperidine rings is 1. The molecule has 1 N–H and O–H groups in total. The minimum Gasteiger partial charge on any atom is -0.391 e. The highest BCUT2D eigenvalue weighted by Gasteiger charge is 2.34. The molecule has 2 aliphatic rings. The third-order valence-corrected chi connectivity index (χ3v) is 5.79. The third-order valence-electron chi connectivity index (χ3n) is 5.05. The van der Waals surface area contributed by atoms with Crippen LogP contribution < -0.4 is 0 Å². The summed E-state index contributed by atoms with van der Waals surface area (Å²) in [6.07, 6.45) is 3.90. The minimum atomic E-state index is -0.433. The van der Waals surface area contributed by atoms with Gasteiger partial charge in [-0.15, -0.1) is 12.4 Å². The quantitative estimate of drug-likeness (QED) is 0.832. The number of aliphatic hydroxyl groups excluding tert-OH is 1. The number of carbonyl (C=O) groups is 1. The lowest BCUT2D eigenvalue weighted by atomic mass is 9.97. The molecule has 4 nitrogen and oxygen atoms in total. The number of carbonyl (C=O) groups excluding carboxylic acids is 1. The highest BCUT2D eigenvalue weighted by molar-refractivity contribution is 6.42. The van der Waals surface area contributed by atoms with Gasteiger partial charge in [0, 0.05) is 13.1 Å². The Labute approximate surface area is 165 Å². The summed E-state index contributed by atoms with van der Waals surface area (Å²) in [5, 5.41) is 11.4. The Morgan fingerprint density at radius 3 is 2.52 bits per heavy atom. The van der Waals surface area contributed by atoms with Gasteiger partial charge in [0.25, 0.3) is 0 Å². The molecule has 1 aromatic carbocycles. The lowest BCUT2D eigenvalue weighted by Crippen LogP contribution is -2.56. The van der Waals surface area contributed by atoms with E-state index in [2.05, 4.69) is 4.90 Å². The van der Waals surface area contributed by atoms with Gasteiger partial charge in [0.2, 0.25) is 5.91 Å². The molecule has 2 heterocycles. The summed E-state index contributed by atoms with van der Waals surface area (Å²) in [4.78, 5) is 17.0. The molecule has 2 saturated heterocycles. The molecule has 2 atom stereocenters. The molecule has 3 rings (SSSR count). The van der Waals surface area contributed by atoms with Gasteiger partial charge in [0.05, 0.1) is 28.6 Å². The number of aliphatic hydroxyl groups is 1. The second-order valence-corrected chi connectivity index (χ2v) is 7.61. The van der Waals surface area contributed by atoms with Crippen molar-refractivity contribution in [3.05, 3.63) is 33.8 Å². The van der Waals surface area contributed by atoms with Crippen molar-refractivity contribution in [3.8, 4) is 0 Å². The van der Waals surface area contributed by atoms with E-state index in [1.54, 1.807) is 12.1 Å². The monoisotopic (exact) mass is 406 g/mol. The minimum absolute atomic E-state index is 0. The van der Waals surface area contributed by atoms with Crippen LogP contribution in [0, 0.1) is 0 Å². The van der Waals surface area contributed by atoms with Gasteiger partial charge in [-0.1, -0.05) is 29.3 Å². The molecule has 0 saturated carbocycles. The average molecular weight is 408 g/mol. The van der Waals surface area contributed by atoms with Gasteiger partial charge in [-0.05, 0) is 56.5 Å². The number of rotatable bonds is 4.